The van der Waals surface area contributed by atoms with Gasteiger partial charge in [0.15, 0.2) is 0 Å². The molecule has 0 aliphatic carbocycles. The van der Waals surface area contributed by atoms with E-state index in [1.54, 1.807) is 0 Å². The van der Waals surface area contributed by atoms with E-state index in [9.17, 15) is 12.3 Å². The number of rotatable bonds is 1. The normalized spacial score (nSPS) is 9.77. The average molecular weight is 415 g/mol. The van der Waals surface area contributed by atoms with Gasteiger partial charge >= 0.3 is 35.3 Å². The summed E-state index contributed by atoms with van der Waals surface area (Å²) in [4.78, 5) is 0. The van der Waals surface area contributed by atoms with Crippen molar-refractivity contribution in [3.63, 3.8) is 0 Å². The molecule has 0 saturated heterocycles. The third kappa shape index (κ3) is 42.7. The van der Waals surface area contributed by atoms with Gasteiger partial charge in [0.2, 0.25) is 0 Å². The molecule has 0 aromatic heterocycles. The molecule has 1 aromatic carbocycles. The number of hydrogen-bond acceptors (Lipinski definition) is 0. The fraction of sp³-hybridized carbons (Fsp3) is 0.643. The molecule has 22 heavy (non-hydrogen) atoms. The SMILES string of the molecule is CC(C)[NH-].CC(C)[NH-].CC(C)[NH-].F[Si](F)(F)[c-]1cccc1.[Zr+4]. The summed E-state index contributed by atoms with van der Waals surface area (Å²) in [7, 11) is -5.48. The minimum atomic E-state index is -5.48. The van der Waals surface area contributed by atoms with Crippen LogP contribution in [0.2, 0.25) is 0 Å². The summed E-state index contributed by atoms with van der Waals surface area (Å²) in [6, 6.07) is 5.25. The molecular weight excluding hydrogens is 386 g/mol. The van der Waals surface area contributed by atoms with Gasteiger partial charge in [-0.15, -0.1) is 18.1 Å². The minimum Gasteiger partial charge on any atom is -0.675 e. The van der Waals surface area contributed by atoms with Crippen molar-refractivity contribution in [3.8, 4) is 0 Å². The van der Waals surface area contributed by atoms with Crippen LogP contribution in [0.4, 0.5) is 12.3 Å². The van der Waals surface area contributed by atoms with Crippen LogP contribution >= 0.6 is 0 Å². The van der Waals surface area contributed by atoms with E-state index in [1.165, 1.54) is 12.1 Å². The van der Waals surface area contributed by atoms with Gasteiger partial charge in [-0.3, -0.25) is 0 Å². The van der Waals surface area contributed by atoms with E-state index in [0.29, 0.717) is 0 Å². The van der Waals surface area contributed by atoms with Crippen molar-refractivity contribution in [2.75, 3.05) is 0 Å². The molecule has 0 unspecified atom stereocenters. The summed E-state index contributed by atoms with van der Waals surface area (Å²) < 4.78 is 35.3. The Bertz CT molecular complexity index is 280. The fourth-order valence-corrected chi connectivity index (χ4v) is 1.13. The summed E-state index contributed by atoms with van der Waals surface area (Å²) in [6.07, 6.45) is 0. The van der Waals surface area contributed by atoms with E-state index in [-0.39, 0.29) is 44.3 Å². The zero-order chi connectivity index (χ0) is 17.6. The van der Waals surface area contributed by atoms with E-state index in [4.69, 9.17) is 17.2 Å². The molecule has 8 heteroatoms. The maximum Gasteiger partial charge on any atom is 4.00 e. The average Bonchev–Trinajstić information content (AvgIpc) is 2.64. The van der Waals surface area contributed by atoms with Crippen molar-refractivity contribution in [2.24, 2.45) is 0 Å². The van der Waals surface area contributed by atoms with Crippen molar-refractivity contribution in [2.45, 2.75) is 59.7 Å². The molecule has 0 spiro atoms. The van der Waals surface area contributed by atoms with Crippen molar-refractivity contribution < 1.29 is 38.5 Å². The zero-order valence-corrected chi connectivity index (χ0v) is 17.6. The van der Waals surface area contributed by atoms with Gasteiger partial charge in [-0.05, 0) is 0 Å². The van der Waals surface area contributed by atoms with Crippen LogP contribution in [0, 0.1) is 0 Å². The minimum absolute atomic E-state index is 0. The molecule has 0 bridgehead atoms. The van der Waals surface area contributed by atoms with Gasteiger partial charge in [0.25, 0.3) is 0 Å². The van der Waals surface area contributed by atoms with Crippen LogP contribution < -0.4 is 5.19 Å². The van der Waals surface area contributed by atoms with Crippen LogP contribution in [-0.2, 0) is 26.2 Å². The third-order valence-corrected chi connectivity index (χ3v) is 1.98. The van der Waals surface area contributed by atoms with Gasteiger partial charge in [-0.1, -0.05) is 46.7 Å². The standard InChI is InChI=1S/C5H4F3Si.3C3H8N.Zr/c6-9(7,8)5-3-1-2-4-5;3*1-3(2)4;/h1-4H;3*3-4H,1-2H3;/q4*-1;+4. The van der Waals surface area contributed by atoms with Crippen LogP contribution in [0.25, 0.3) is 17.2 Å². The Kier molecular flexibility index (Phi) is 23.9. The smallest absolute Gasteiger partial charge is 0.675 e. The molecular formula is C14H28F3N3SiZr. The summed E-state index contributed by atoms with van der Waals surface area (Å²) in [5, 5.41) is -0.442. The number of hydrogen-bond donors (Lipinski definition) is 0. The Hall–Kier alpha value is 0.120. The summed E-state index contributed by atoms with van der Waals surface area (Å²) in [6.45, 7) is 11.0. The maximum absolute atomic E-state index is 11.8. The van der Waals surface area contributed by atoms with E-state index in [0.717, 1.165) is 12.1 Å². The second-order valence-electron chi connectivity index (χ2n) is 5.14. The Morgan fingerprint density at radius 2 is 0.909 bits per heavy atom. The van der Waals surface area contributed by atoms with Crippen LogP contribution in [0.1, 0.15) is 41.5 Å². The first-order valence-corrected chi connectivity index (χ1v) is 8.36. The van der Waals surface area contributed by atoms with Crippen LogP contribution in [-0.4, -0.2) is 27.2 Å². The topological polar surface area (TPSA) is 71.4 Å². The number of halogens is 3. The molecule has 0 saturated carbocycles. The second-order valence-corrected chi connectivity index (χ2v) is 6.71. The molecule has 0 aliphatic rings. The maximum atomic E-state index is 11.8. The molecule has 0 aliphatic heterocycles. The molecule has 0 amide bonds. The van der Waals surface area contributed by atoms with E-state index in [2.05, 4.69) is 0 Å². The first-order valence-electron chi connectivity index (χ1n) is 6.72. The van der Waals surface area contributed by atoms with Gasteiger partial charge < -0.3 is 17.2 Å². The second kappa shape index (κ2) is 17.5. The van der Waals surface area contributed by atoms with Crippen LogP contribution in [0.3, 0.4) is 0 Å². The molecule has 128 valence electrons. The van der Waals surface area contributed by atoms with Crippen molar-refractivity contribution >= 4 is 14.3 Å². The van der Waals surface area contributed by atoms with Crippen molar-refractivity contribution in [3.05, 3.63) is 41.5 Å². The molecule has 0 fully saturated rings. The summed E-state index contributed by atoms with van der Waals surface area (Å²) >= 11 is 0. The third-order valence-electron chi connectivity index (χ3n) is 0.990. The van der Waals surface area contributed by atoms with E-state index in [1.807, 2.05) is 41.5 Å². The quantitative estimate of drug-likeness (QED) is 0.316. The number of nitrogens with one attached hydrogen (secondary N) is 3. The molecule has 0 heterocycles. The molecule has 3 nitrogen and oxygen atoms in total. The monoisotopic (exact) mass is 413 g/mol. The van der Waals surface area contributed by atoms with Crippen LogP contribution in [0.15, 0.2) is 24.3 Å². The molecule has 0 radical (unpaired) electrons. The Balaban J connectivity index is -0.000000107. The predicted molar refractivity (Wildman–Crippen MR) is 89.1 cm³/mol. The predicted octanol–water partition coefficient (Wildman–Crippen LogP) is 5.80. The van der Waals surface area contributed by atoms with Crippen molar-refractivity contribution in [1.29, 1.82) is 0 Å². The summed E-state index contributed by atoms with van der Waals surface area (Å²) in [5.74, 6) is 0. The van der Waals surface area contributed by atoms with Gasteiger partial charge in [0.1, 0.15) is 0 Å². The molecule has 0 atom stereocenters. The zero-order valence-electron chi connectivity index (χ0n) is 14.2. The van der Waals surface area contributed by atoms with Gasteiger partial charge in [0.05, 0.1) is 0 Å². The first kappa shape index (κ1) is 30.1. The van der Waals surface area contributed by atoms with Crippen molar-refractivity contribution in [1.82, 2.24) is 0 Å². The van der Waals surface area contributed by atoms with E-state index >= 15 is 0 Å². The molecule has 1 rings (SSSR count). The Labute approximate surface area is 153 Å². The Morgan fingerprint density at radius 3 is 1.00 bits per heavy atom. The summed E-state index contributed by atoms with van der Waals surface area (Å²) in [5.41, 5.74) is 19.8. The fourth-order valence-electron chi connectivity index (χ4n) is 0.563. The van der Waals surface area contributed by atoms with Gasteiger partial charge in [-0.25, -0.2) is 24.5 Å². The van der Waals surface area contributed by atoms with Gasteiger partial charge in [-0.2, -0.15) is 12.1 Å². The Morgan fingerprint density at radius 1 is 0.727 bits per heavy atom. The van der Waals surface area contributed by atoms with Gasteiger partial charge in [0, 0.05) is 0 Å². The van der Waals surface area contributed by atoms with E-state index < -0.39 is 14.3 Å². The first-order chi connectivity index (χ1) is 9.30. The molecule has 3 N–H and O–H groups in total. The van der Waals surface area contributed by atoms with Crippen LogP contribution in [0.5, 0.6) is 0 Å². The molecule has 1 aromatic rings. The largest absolute Gasteiger partial charge is 4.00 e.